The van der Waals surface area contributed by atoms with Gasteiger partial charge in [-0.2, -0.15) is 0 Å². The van der Waals surface area contributed by atoms with E-state index in [1.807, 2.05) is 0 Å². The zero-order chi connectivity index (χ0) is 7.84. The Kier molecular flexibility index (Phi) is 1.49. The molecule has 2 aliphatic heterocycles. The smallest absolute Gasteiger partial charge is 0.410 e. The zero-order valence-corrected chi connectivity index (χ0v) is 6.54. The van der Waals surface area contributed by atoms with Crippen molar-refractivity contribution in [1.29, 1.82) is 0 Å². The number of fused-ring (bicyclic) bond motifs is 1. The molecule has 0 aromatic heterocycles. The molecule has 2 aliphatic rings. The number of nitrogens with one attached hydrogen (secondary N) is 1. The van der Waals surface area contributed by atoms with Crippen molar-refractivity contribution in [2.45, 2.75) is 19.0 Å². The molecule has 11 heavy (non-hydrogen) atoms. The maximum Gasteiger partial charge on any atom is 0.410 e. The van der Waals surface area contributed by atoms with Crippen LogP contribution in [-0.2, 0) is 4.74 Å². The van der Waals surface area contributed by atoms with Crippen LogP contribution in [0.4, 0.5) is 4.79 Å². The number of carbonyl (C=O) groups is 1. The van der Waals surface area contributed by atoms with E-state index in [0.717, 1.165) is 13.1 Å². The minimum Gasteiger partial charge on any atom is -0.447 e. The monoisotopic (exact) mass is 156 g/mol. The van der Waals surface area contributed by atoms with Crippen LogP contribution in [0.5, 0.6) is 0 Å². The summed E-state index contributed by atoms with van der Waals surface area (Å²) < 4.78 is 4.90. The van der Waals surface area contributed by atoms with Gasteiger partial charge in [0, 0.05) is 19.1 Å². The Balaban J connectivity index is 2.07. The average Bonchev–Trinajstić information content (AvgIpc) is 2.33. The summed E-state index contributed by atoms with van der Waals surface area (Å²) in [6, 6.07) is 0.676. The fourth-order valence-electron chi connectivity index (χ4n) is 1.58. The SMILES string of the molecule is C[C@@H]1CN2C(=O)OC[C@H]2CN1. The number of carbonyl (C=O) groups excluding carboxylic acids is 1. The molecule has 0 aromatic carbocycles. The molecular formula is C7H12N2O2. The minimum absolute atomic E-state index is 0.150. The molecule has 0 spiro atoms. The Labute approximate surface area is 65.5 Å². The molecule has 2 fully saturated rings. The number of nitrogens with zero attached hydrogens (tertiary/aromatic N) is 1. The second-order valence-corrected chi connectivity index (χ2v) is 3.19. The van der Waals surface area contributed by atoms with Crippen LogP contribution in [0.25, 0.3) is 0 Å². The van der Waals surface area contributed by atoms with E-state index in [1.165, 1.54) is 0 Å². The molecule has 4 nitrogen and oxygen atoms in total. The van der Waals surface area contributed by atoms with Gasteiger partial charge in [-0.15, -0.1) is 0 Å². The van der Waals surface area contributed by atoms with E-state index in [-0.39, 0.29) is 12.1 Å². The highest BCUT2D eigenvalue weighted by atomic mass is 16.6. The molecule has 0 radical (unpaired) electrons. The lowest BCUT2D eigenvalue weighted by molar-refractivity contribution is 0.150. The van der Waals surface area contributed by atoms with Gasteiger partial charge < -0.3 is 10.1 Å². The molecule has 2 atom stereocenters. The topological polar surface area (TPSA) is 41.6 Å². The third kappa shape index (κ3) is 1.07. The molecular weight excluding hydrogens is 144 g/mol. The largest absolute Gasteiger partial charge is 0.447 e. The van der Waals surface area contributed by atoms with Gasteiger partial charge >= 0.3 is 6.09 Å². The second kappa shape index (κ2) is 2.37. The number of hydrogen-bond acceptors (Lipinski definition) is 3. The quantitative estimate of drug-likeness (QED) is 0.528. The number of hydrogen-bond donors (Lipinski definition) is 1. The predicted molar refractivity (Wildman–Crippen MR) is 39.3 cm³/mol. The fraction of sp³-hybridized carbons (Fsp3) is 0.857. The van der Waals surface area contributed by atoms with Gasteiger partial charge in [0.15, 0.2) is 0 Å². The van der Waals surface area contributed by atoms with Crippen molar-refractivity contribution in [3.8, 4) is 0 Å². The lowest BCUT2D eigenvalue weighted by Gasteiger charge is -2.31. The van der Waals surface area contributed by atoms with Crippen molar-refractivity contribution >= 4 is 6.09 Å². The second-order valence-electron chi connectivity index (χ2n) is 3.19. The highest BCUT2D eigenvalue weighted by Gasteiger charge is 2.36. The van der Waals surface area contributed by atoms with Crippen LogP contribution in [0.2, 0.25) is 0 Å². The Morgan fingerprint density at radius 2 is 2.55 bits per heavy atom. The van der Waals surface area contributed by atoms with Gasteiger partial charge in [0.1, 0.15) is 6.61 Å². The van der Waals surface area contributed by atoms with E-state index in [2.05, 4.69) is 12.2 Å². The maximum absolute atomic E-state index is 11.0. The highest BCUT2D eigenvalue weighted by Crippen LogP contribution is 2.15. The summed E-state index contributed by atoms with van der Waals surface area (Å²) in [4.78, 5) is 12.8. The molecule has 0 unspecified atom stereocenters. The molecule has 2 saturated heterocycles. The van der Waals surface area contributed by atoms with Crippen molar-refractivity contribution in [2.75, 3.05) is 19.7 Å². The molecule has 2 heterocycles. The molecule has 4 heteroatoms. The molecule has 0 saturated carbocycles. The Morgan fingerprint density at radius 1 is 1.73 bits per heavy atom. The van der Waals surface area contributed by atoms with Crippen LogP contribution in [-0.4, -0.2) is 42.8 Å². The van der Waals surface area contributed by atoms with Gasteiger partial charge in [-0.25, -0.2) is 4.79 Å². The van der Waals surface area contributed by atoms with Crippen LogP contribution >= 0.6 is 0 Å². The van der Waals surface area contributed by atoms with Gasteiger partial charge in [-0.1, -0.05) is 0 Å². The minimum atomic E-state index is -0.150. The lowest BCUT2D eigenvalue weighted by Crippen LogP contribution is -2.54. The summed E-state index contributed by atoms with van der Waals surface area (Å²) in [5.74, 6) is 0. The highest BCUT2D eigenvalue weighted by molar-refractivity contribution is 5.70. The standard InChI is InChI=1S/C7H12N2O2/c1-5-3-9-6(2-8-5)4-11-7(9)10/h5-6,8H,2-4H2,1H3/t5-,6-/m1/s1. The summed E-state index contributed by atoms with van der Waals surface area (Å²) >= 11 is 0. The van der Waals surface area contributed by atoms with Crippen LogP contribution in [0.1, 0.15) is 6.92 Å². The molecule has 0 bridgehead atoms. The number of rotatable bonds is 0. The molecule has 0 aromatic rings. The summed E-state index contributed by atoms with van der Waals surface area (Å²) in [5, 5.41) is 3.30. The Bertz CT molecular complexity index is 183. The van der Waals surface area contributed by atoms with Gasteiger partial charge in [-0.05, 0) is 6.92 Å². The Hall–Kier alpha value is -0.770. The van der Waals surface area contributed by atoms with Crippen LogP contribution in [0.15, 0.2) is 0 Å². The summed E-state index contributed by atoms with van der Waals surface area (Å²) in [7, 11) is 0. The normalized spacial score (nSPS) is 36.8. The third-order valence-corrected chi connectivity index (χ3v) is 2.25. The molecule has 2 rings (SSSR count). The van der Waals surface area contributed by atoms with E-state index in [4.69, 9.17) is 4.74 Å². The van der Waals surface area contributed by atoms with Crippen molar-refractivity contribution in [3.05, 3.63) is 0 Å². The number of cyclic esters (lactones) is 1. The van der Waals surface area contributed by atoms with E-state index in [9.17, 15) is 4.79 Å². The van der Waals surface area contributed by atoms with Crippen LogP contribution in [0, 0.1) is 0 Å². The van der Waals surface area contributed by atoms with E-state index in [1.54, 1.807) is 4.90 Å². The van der Waals surface area contributed by atoms with Gasteiger partial charge in [0.05, 0.1) is 6.04 Å². The summed E-state index contributed by atoms with van der Waals surface area (Å²) in [6.07, 6.45) is -0.150. The maximum atomic E-state index is 11.0. The van der Waals surface area contributed by atoms with Gasteiger partial charge in [0.25, 0.3) is 0 Å². The first kappa shape index (κ1) is 6.91. The van der Waals surface area contributed by atoms with E-state index in [0.29, 0.717) is 12.6 Å². The van der Waals surface area contributed by atoms with E-state index < -0.39 is 0 Å². The molecule has 62 valence electrons. The van der Waals surface area contributed by atoms with Crippen molar-refractivity contribution < 1.29 is 9.53 Å². The van der Waals surface area contributed by atoms with E-state index >= 15 is 0 Å². The first-order valence-corrected chi connectivity index (χ1v) is 3.94. The fourth-order valence-corrected chi connectivity index (χ4v) is 1.58. The van der Waals surface area contributed by atoms with Crippen molar-refractivity contribution in [3.63, 3.8) is 0 Å². The van der Waals surface area contributed by atoms with Gasteiger partial charge in [0.2, 0.25) is 0 Å². The predicted octanol–water partition coefficient (Wildman–Crippen LogP) is -0.201. The van der Waals surface area contributed by atoms with Gasteiger partial charge in [-0.3, -0.25) is 4.90 Å². The Morgan fingerprint density at radius 3 is 3.36 bits per heavy atom. The van der Waals surface area contributed by atoms with Crippen molar-refractivity contribution in [2.24, 2.45) is 0 Å². The number of piperazine rings is 1. The number of amides is 1. The average molecular weight is 156 g/mol. The van der Waals surface area contributed by atoms with Crippen LogP contribution in [0.3, 0.4) is 0 Å². The van der Waals surface area contributed by atoms with Crippen LogP contribution < -0.4 is 5.32 Å². The lowest BCUT2D eigenvalue weighted by atomic mass is 10.1. The molecule has 1 amide bonds. The summed E-state index contributed by atoms with van der Waals surface area (Å²) in [5.41, 5.74) is 0. The zero-order valence-electron chi connectivity index (χ0n) is 6.54. The first-order valence-electron chi connectivity index (χ1n) is 3.94. The third-order valence-electron chi connectivity index (χ3n) is 2.25. The molecule has 0 aliphatic carbocycles. The number of ether oxygens (including phenoxy) is 1. The summed E-state index contributed by atoms with van der Waals surface area (Å²) in [6.45, 7) is 4.27. The first-order chi connectivity index (χ1) is 5.27. The van der Waals surface area contributed by atoms with Crippen molar-refractivity contribution in [1.82, 2.24) is 10.2 Å². The molecule has 1 N–H and O–H groups in total.